The molecule has 2 atom stereocenters. The lowest BCUT2D eigenvalue weighted by Gasteiger charge is -2.36. The van der Waals surface area contributed by atoms with Crippen LogP contribution in [-0.2, 0) is 16.0 Å². The van der Waals surface area contributed by atoms with Gasteiger partial charge in [0.05, 0.1) is 17.9 Å². The first kappa shape index (κ1) is 24.0. The highest BCUT2D eigenvalue weighted by Gasteiger charge is 2.53. The topological polar surface area (TPSA) is 82.7 Å². The van der Waals surface area contributed by atoms with E-state index in [0.717, 1.165) is 27.7 Å². The van der Waals surface area contributed by atoms with Gasteiger partial charge in [-0.1, -0.05) is 56.3 Å². The Bertz CT molecular complexity index is 1550. The number of nitrogens with one attached hydrogen (secondary N) is 1. The molecule has 2 unspecified atom stereocenters. The maximum Gasteiger partial charge on any atom is 0.338 e. The van der Waals surface area contributed by atoms with Gasteiger partial charge >= 0.3 is 12.0 Å². The van der Waals surface area contributed by atoms with Crippen molar-refractivity contribution >= 4 is 34.5 Å². The van der Waals surface area contributed by atoms with Gasteiger partial charge in [0.1, 0.15) is 12.1 Å². The Kier molecular flexibility index (Phi) is 5.79. The Morgan fingerprint density at radius 3 is 2.39 bits per heavy atom. The molecule has 0 aliphatic carbocycles. The molecule has 2 aliphatic rings. The molecule has 0 bridgehead atoms. The van der Waals surface area contributed by atoms with Crippen molar-refractivity contribution < 1.29 is 19.1 Å². The number of amides is 3. The summed E-state index contributed by atoms with van der Waals surface area (Å²) < 4.78 is 5.06. The van der Waals surface area contributed by atoms with Gasteiger partial charge in [0.25, 0.3) is 5.91 Å². The number of anilines is 1. The third-order valence-corrected chi connectivity index (χ3v) is 7.60. The van der Waals surface area contributed by atoms with Crippen LogP contribution in [0, 0.1) is 0 Å². The number of aromatic amines is 1. The second kappa shape index (κ2) is 9.17. The van der Waals surface area contributed by atoms with Crippen LogP contribution in [0.2, 0.25) is 0 Å². The zero-order chi connectivity index (χ0) is 26.6. The lowest BCUT2D eigenvalue weighted by atomic mass is 9.88. The lowest BCUT2D eigenvalue weighted by molar-refractivity contribution is -0.120. The predicted octanol–water partition coefficient (Wildman–Crippen LogP) is 5.95. The average molecular weight is 508 g/mol. The summed E-state index contributed by atoms with van der Waals surface area (Å²) in [5.41, 5.74) is 5.98. The van der Waals surface area contributed by atoms with E-state index in [2.05, 4.69) is 49.2 Å². The van der Waals surface area contributed by atoms with Gasteiger partial charge in [-0.3, -0.25) is 9.69 Å². The normalized spacial score (nSPS) is 18.7. The second-order valence-electron chi connectivity index (χ2n) is 10.1. The van der Waals surface area contributed by atoms with E-state index in [1.807, 2.05) is 18.2 Å². The largest absolute Gasteiger partial charge is 0.462 e. The third-order valence-electron chi connectivity index (χ3n) is 7.60. The molecule has 1 N–H and O–H groups in total. The van der Waals surface area contributed by atoms with Gasteiger partial charge in [0, 0.05) is 23.0 Å². The molecule has 1 aromatic heterocycles. The zero-order valence-electron chi connectivity index (χ0n) is 21.6. The number of carbonyl (C=O) groups excluding carboxylic acids is 3. The number of urea groups is 1. The summed E-state index contributed by atoms with van der Waals surface area (Å²) in [5, 5.41) is 1.07. The summed E-state index contributed by atoms with van der Waals surface area (Å²) in [6.07, 6.45) is 0.432. The first-order valence-corrected chi connectivity index (χ1v) is 13.0. The Balaban J connectivity index is 1.44. The molecule has 0 spiro atoms. The maximum atomic E-state index is 14.0. The van der Waals surface area contributed by atoms with E-state index in [1.54, 1.807) is 36.1 Å². The van der Waals surface area contributed by atoms with Gasteiger partial charge in [0.2, 0.25) is 0 Å². The summed E-state index contributed by atoms with van der Waals surface area (Å²) in [6, 6.07) is 21.4. The second-order valence-corrected chi connectivity index (χ2v) is 10.1. The van der Waals surface area contributed by atoms with Crippen molar-refractivity contribution in [3.63, 3.8) is 0 Å². The molecule has 0 saturated carbocycles. The molecular weight excluding hydrogens is 478 g/mol. The number of benzene rings is 3. The van der Waals surface area contributed by atoms with Crippen molar-refractivity contribution in [3.05, 3.63) is 101 Å². The average Bonchev–Trinajstić information content (AvgIpc) is 3.42. The molecule has 3 amide bonds. The Hall–Kier alpha value is -4.39. The predicted molar refractivity (Wildman–Crippen MR) is 145 cm³/mol. The molecule has 3 aromatic carbocycles. The van der Waals surface area contributed by atoms with Crippen molar-refractivity contribution in [1.29, 1.82) is 0 Å². The molecule has 0 radical (unpaired) electrons. The monoisotopic (exact) mass is 507 g/mol. The number of imide groups is 1. The highest BCUT2D eigenvalue weighted by Crippen LogP contribution is 2.45. The summed E-state index contributed by atoms with van der Waals surface area (Å²) in [4.78, 5) is 46.4. The number of hydrogen-bond acceptors (Lipinski definition) is 4. The summed E-state index contributed by atoms with van der Waals surface area (Å²) >= 11 is 0. The number of esters is 1. The van der Waals surface area contributed by atoms with Crippen LogP contribution in [0.3, 0.4) is 0 Å². The van der Waals surface area contributed by atoms with E-state index in [-0.39, 0.29) is 18.5 Å². The van der Waals surface area contributed by atoms with Crippen molar-refractivity contribution in [2.75, 3.05) is 11.5 Å². The molecule has 7 heteroatoms. The van der Waals surface area contributed by atoms with Crippen LogP contribution in [0.25, 0.3) is 10.9 Å². The van der Waals surface area contributed by atoms with Gasteiger partial charge in [0.15, 0.2) is 0 Å². The molecule has 192 valence electrons. The van der Waals surface area contributed by atoms with Crippen LogP contribution < -0.4 is 4.90 Å². The Labute approximate surface area is 221 Å². The molecule has 3 heterocycles. The minimum Gasteiger partial charge on any atom is -0.462 e. The number of aromatic nitrogens is 1. The SMILES string of the molecule is CCOC(=O)c1ccc(N2C(=O)C3Cc4c([nH]c5ccccc45)C(c4ccc(C(C)C)cc4)N3C2=O)cc1. The fraction of sp³-hybridized carbons (Fsp3) is 0.258. The fourth-order valence-corrected chi connectivity index (χ4v) is 5.68. The minimum absolute atomic E-state index is 0.265. The number of H-pyrrole nitrogens is 1. The lowest BCUT2D eigenvalue weighted by Crippen LogP contribution is -2.44. The van der Waals surface area contributed by atoms with E-state index in [4.69, 9.17) is 4.74 Å². The van der Waals surface area contributed by atoms with Crippen LogP contribution in [0.1, 0.15) is 65.5 Å². The molecule has 7 nitrogen and oxygen atoms in total. The van der Waals surface area contributed by atoms with Crippen LogP contribution >= 0.6 is 0 Å². The maximum absolute atomic E-state index is 14.0. The first-order valence-electron chi connectivity index (χ1n) is 13.0. The Morgan fingerprint density at radius 2 is 1.71 bits per heavy atom. The summed E-state index contributed by atoms with van der Waals surface area (Å²) in [5.74, 6) is -0.320. The van der Waals surface area contributed by atoms with Crippen LogP contribution in [0.15, 0.2) is 72.8 Å². The molecule has 2 aliphatic heterocycles. The molecule has 4 aromatic rings. The highest BCUT2D eigenvalue weighted by molar-refractivity contribution is 6.22. The first-order chi connectivity index (χ1) is 18.4. The molecule has 1 saturated heterocycles. The van der Waals surface area contributed by atoms with Crippen LogP contribution in [-0.4, -0.2) is 40.4 Å². The minimum atomic E-state index is -0.631. The van der Waals surface area contributed by atoms with Gasteiger partial charge in [-0.2, -0.15) is 0 Å². The number of ether oxygens (including phenoxy) is 1. The summed E-state index contributed by atoms with van der Waals surface area (Å²) in [7, 11) is 0. The number of carbonyl (C=O) groups is 3. The van der Waals surface area contributed by atoms with Gasteiger partial charge in [-0.05, 0) is 59.9 Å². The van der Waals surface area contributed by atoms with E-state index < -0.39 is 18.1 Å². The molecule has 38 heavy (non-hydrogen) atoms. The number of rotatable bonds is 5. The molecule has 6 rings (SSSR count). The van der Waals surface area contributed by atoms with Crippen molar-refractivity contribution in [2.24, 2.45) is 0 Å². The fourth-order valence-electron chi connectivity index (χ4n) is 5.68. The van der Waals surface area contributed by atoms with E-state index in [9.17, 15) is 14.4 Å². The van der Waals surface area contributed by atoms with Gasteiger partial charge in [-0.15, -0.1) is 0 Å². The van der Waals surface area contributed by atoms with E-state index in [1.165, 1.54) is 10.5 Å². The zero-order valence-corrected chi connectivity index (χ0v) is 21.6. The van der Waals surface area contributed by atoms with Crippen molar-refractivity contribution in [2.45, 2.75) is 45.2 Å². The number of nitrogens with zero attached hydrogens (tertiary/aromatic N) is 2. The quantitative estimate of drug-likeness (QED) is 0.267. The molecular formula is C31H29N3O4. The highest BCUT2D eigenvalue weighted by atomic mass is 16.5. The number of fused-ring (bicyclic) bond motifs is 4. The standard InChI is InChI=1S/C31H29N3O4/c1-4-38-30(36)21-13-15-22(16-14-21)33-29(35)26-17-24-23-7-5-6-8-25(23)32-27(24)28(34(26)31(33)37)20-11-9-19(10-12-20)18(2)3/h5-16,18,26,28,32H,4,17H2,1-3H3. The molecule has 1 fully saturated rings. The van der Waals surface area contributed by atoms with Crippen molar-refractivity contribution in [3.8, 4) is 0 Å². The van der Waals surface area contributed by atoms with Crippen LogP contribution in [0.5, 0.6) is 0 Å². The van der Waals surface area contributed by atoms with Gasteiger partial charge < -0.3 is 9.72 Å². The van der Waals surface area contributed by atoms with E-state index >= 15 is 0 Å². The number of hydrogen-bond donors (Lipinski definition) is 1. The number of para-hydroxylation sites is 1. The smallest absolute Gasteiger partial charge is 0.338 e. The third kappa shape index (κ3) is 3.69. The van der Waals surface area contributed by atoms with Gasteiger partial charge in [-0.25, -0.2) is 14.5 Å². The van der Waals surface area contributed by atoms with E-state index in [0.29, 0.717) is 23.6 Å². The Morgan fingerprint density at radius 1 is 1.00 bits per heavy atom. The van der Waals surface area contributed by atoms with Crippen molar-refractivity contribution in [1.82, 2.24) is 9.88 Å². The van der Waals surface area contributed by atoms with Crippen LogP contribution in [0.4, 0.5) is 10.5 Å². The summed E-state index contributed by atoms with van der Waals surface area (Å²) in [6.45, 7) is 6.31.